The van der Waals surface area contributed by atoms with E-state index in [4.69, 9.17) is 14.0 Å². The van der Waals surface area contributed by atoms with Gasteiger partial charge in [0.05, 0.1) is 16.7 Å². The summed E-state index contributed by atoms with van der Waals surface area (Å²) in [5.74, 6) is 0. The molecule has 7 nitrogen and oxygen atoms in total. The number of aromatic nitrogens is 3. The third-order valence-corrected chi connectivity index (χ3v) is 5.97. The summed E-state index contributed by atoms with van der Waals surface area (Å²) < 4.78 is 19.3. The van der Waals surface area contributed by atoms with Gasteiger partial charge in [-0.15, -0.1) is 0 Å². The standard InChI is InChI=1S/C19H26BN3O4/c1-18(2)19(3,4)27-20(26-18)13-10-15-16(21-11-13)22-12-23(15)17(24)25-14-8-6-5-7-9-14/h10-12,14H,5-9H2,1-4H3. The number of hydrogen-bond donors (Lipinski definition) is 0. The molecule has 0 radical (unpaired) electrons. The van der Waals surface area contributed by atoms with Crippen LogP contribution in [-0.2, 0) is 14.0 Å². The van der Waals surface area contributed by atoms with Crippen LogP contribution in [0.1, 0.15) is 59.8 Å². The van der Waals surface area contributed by atoms with E-state index >= 15 is 0 Å². The Morgan fingerprint density at radius 2 is 1.81 bits per heavy atom. The average molecular weight is 371 g/mol. The summed E-state index contributed by atoms with van der Waals surface area (Å²) in [5, 5.41) is 0. The molecule has 1 saturated carbocycles. The Kier molecular flexibility index (Phi) is 4.51. The third-order valence-electron chi connectivity index (χ3n) is 5.97. The fourth-order valence-corrected chi connectivity index (χ4v) is 3.55. The summed E-state index contributed by atoms with van der Waals surface area (Å²) in [6, 6.07) is 1.85. The normalized spacial score (nSPS) is 22.3. The number of carbonyl (C=O) groups is 1. The highest BCUT2D eigenvalue weighted by molar-refractivity contribution is 6.62. The van der Waals surface area contributed by atoms with Gasteiger partial charge in [-0.05, 0) is 59.4 Å². The largest absolute Gasteiger partial charge is 0.496 e. The summed E-state index contributed by atoms with van der Waals surface area (Å²) in [4.78, 5) is 21.2. The van der Waals surface area contributed by atoms with Crippen molar-refractivity contribution < 1.29 is 18.8 Å². The van der Waals surface area contributed by atoms with Crippen LogP contribution in [0.25, 0.3) is 11.2 Å². The van der Waals surface area contributed by atoms with E-state index in [9.17, 15) is 4.79 Å². The molecule has 2 aromatic rings. The highest BCUT2D eigenvalue weighted by Gasteiger charge is 2.51. The van der Waals surface area contributed by atoms with Gasteiger partial charge in [-0.25, -0.2) is 19.3 Å². The van der Waals surface area contributed by atoms with Crippen LogP contribution < -0.4 is 5.46 Å². The number of nitrogens with zero attached hydrogens (tertiary/aromatic N) is 3. The maximum Gasteiger partial charge on any atom is 0.496 e. The fourth-order valence-electron chi connectivity index (χ4n) is 3.55. The Labute approximate surface area is 159 Å². The van der Waals surface area contributed by atoms with Crippen molar-refractivity contribution in [2.75, 3.05) is 0 Å². The van der Waals surface area contributed by atoms with Gasteiger partial charge in [0.25, 0.3) is 0 Å². The van der Waals surface area contributed by atoms with E-state index in [1.807, 2.05) is 33.8 Å². The van der Waals surface area contributed by atoms with Gasteiger partial charge in [-0.3, -0.25) is 0 Å². The Balaban J connectivity index is 1.59. The van der Waals surface area contributed by atoms with Gasteiger partial charge in [-0.1, -0.05) is 6.42 Å². The van der Waals surface area contributed by atoms with Crippen LogP contribution in [0.5, 0.6) is 0 Å². The molecule has 2 fully saturated rings. The lowest BCUT2D eigenvalue weighted by molar-refractivity contribution is 0.00578. The van der Waals surface area contributed by atoms with Gasteiger partial charge in [0.2, 0.25) is 0 Å². The highest BCUT2D eigenvalue weighted by atomic mass is 16.7. The summed E-state index contributed by atoms with van der Waals surface area (Å²) >= 11 is 0. The first kappa shape index (κ1) is 18.4. The molecule has 0 atom stereocenters. The highest BCUT2D eigenvalue weighted by Crippen LogP contribution is 2.36. The Hall–Kier alpha value is -1.93. The number of ether oxygens (including phenoxy) is 1. The molecule has 0 spiro atoms. The lowest BCUT2D eigenvalue weighted by Gasteiger charge is -2.32. The summed E-state index contributed by atoms with van der Waals surface area (Å²) in [6.07, 6.45) is 8.02. The molecule has 0 bridgehead atoms. The van der Waals surface area contributed by atoms with E-state index in [1.54, 1.807) is 6.20 Å². The van der Waals surface area contributed by atoms with Gasteiger partial charge >= 0.3 is 13.2 Å². The van der Waals surface area contributed by atoms with Crippen LogP contribution >= 0.6 is 0 Å². The molecule has 27 heavy (non-hydrogen) atoms. The minimum absolute atomic E-state index is 0.0112. The number of fused-ring (bicyclic) bond motifs is 1. The SMILES string of the molecule is CC1(C)OB(c2cnc3ncn(C(=O)OC4CCCCC4)c3c2)OC1(C)C. The molecular formula is C19H26BN3O4. The Bertz CT molecular complexity index is 842. The zero-order valence-corrected chi connectivity index (χ0v) is 16.4. The first-order valence-electron chi connectivity index (χ1n) is 9.66. The number of hydrogen-bond acceptors (Lipinski definition) is 6. The maximum absolute atomic E-state index is 12.6. The fraction of sp³-hybridized carbons (Fsp3) is 0.632. The van der Waals surface area contributed by atoms with Crippen molar-refractivity contribution in [3.8, 4) is 0 Å². The Morgan fingerprint density at radius 1 is 1.15 bits per heavy atom. The molecule has 8 heteroatoms. The molecule has 1 saturated heterocycles. The molecule has 1 aliphatic carbocycles. The van der Waals surface area contributed by atoms with E-state index in [0.717, 1.165) is 31.1 Å². The number of imidazole rings is 1. The predicted molar refractivity (Wildman–Crippen MR) is 102 cm³/mol. The van der Waals surface area contributed by atoms with Crippen LogP contribution in [0.3, 0.4) is 0 Å². The number of carbonyl (C=O) groups excluding carboxylic acids is 1. The van der Waals surface area contributed by atoms with Crippen LogP contribution in [0.2, 0.25) is 0 Å². The van der Waals surface area contributed by atoms with Crippen LogP contribution in [-0.4, -0.2) is 45.1 Å². The van der Waals surface area contributed by atoms with Crippen molar-refractivity contribution in [1.29, 1.82) is 0 Å². The zero-order chi connectivity index (χ0) is 19.2. The minimum Gasteiger partial charge on any atom is -0.446 e. The molecule has 144 valence electrons. The van der Waals surface area contributed by atoms with Crippen molar-refractivity contribution in [3.63, 3.8) is 0 Å². The van der Waals surface area contributed by atoms with Crippen molar-refractivity contribution in [1.82, 2.24) is 14.5 Å². The molecule has 2 aliphatic rings. The Morgan fingerprint density at radius 3 is 2.48 bits per heavy atom. The van der Waals surface area contributed by atoms with E-state index in [2.05, 4.69) is 9.97 Å². The number of pyridine rings is 1. The first-order valence-corrected chi connectivity index (χ1v) is 9.66. The quantitative estimate of drug-likeness (QED) is 0.756. The zero-order valence-electron chi connectivity index (χ0n) is 16.4. The van der Waals surface area contributed by atoms with E-state index in [0.29, 0.717) is 11.2 Å². The topological polar surface area (TPSA) is 75.5 Å². The van der Waals surface area contributed by atoms with E-state index < -0.39 is 24.4 Å². The first-order chi connectivity index (χ1) is 12.8. The predicted octanol–water partition coefficient (Wildman–Crippen LogP) is 3.05. The van der Waals surface area contributed by atoms with Crippen molar-refractivity contribution in [2.45, 2.75) is 77.1 Å². The molecule has 0 aromatic carbocycles. The smallest absolute Gasteiger partial charge is 0.446 e. The van der Waals surface area contributed by atoms with Crippen LogP contribution in [0.4, 0.5) is 4.79 Å². The second kappa shape index (κ2) is 6.60. The monoisotopic (exact) mass is 371 g/mol. The van der Waals surface area contributed by atoms with Crippen molar-refractivity contribution in [2.24, 2.45) is 0 Å². The summed E-state index contributed by atoms with van der Waals surface area (Å²) in [7, 11) is -0.537. The maximum atomic E-state index is 12.6. The molecule has 0 unspecified atom stereocenters. The second-order valence-electron chi connectivity index (χ2n) is 8.46. The van der Waals surface area contributed by atoms with Gasteiger partial charge in [0.1, 0.15) is 12.4 Å². The van der Waals surface area contributed by atoms with Crippen molar-refractivity contribution >= 4 is 29.8 Å². The van der Waals surface area contributed by atoms with Crippen LogP contribution in [0.15, 0.2) is 18.6 Å². The van der Waals surface area contributed by atoms with E-state index in [1.165, 1.54) is 17.3 Å². The lowest BCUT2D eigenvalue weighted by Crippen LogP contribution is -2.41. The lowest BCUT2D eigenvalue weighted by atomic mass is 9.80. The molecule has 2 aromatic heterocycles. The van der Waals surface area contributed by atoms with E-state index in [-0.39, 0.29) is 6.10 Å². The summed E-state index contributed by atoms with van der Waals surface area (Å²) in [5.41, 5.74) is 0.978. The van der Waals surface area contributed by atoms with Crippen molar-refractivity contribution in [3.05, 3.63) is 18.6 Å². The molecule has 0 amide bonds. The molecule has 1 aliphatic heterocycles. The van der Waals surface area contributed by atoms with Gasteiger partial charge in [-0.2, -0.15) is 0 Å². The van der Waals surface area contributed by atoms with Gasteiger partial charge in [0.15, 0.2) is 5.65 Å². The number of rotatable bonds is 2. The second-order valence-corrected chi connectivity index (χ2v) is 8.46. The molecule has 0 N–H and O–H groups in total. The summed E-state index contributed by atoms with van der Waals surface area (Å²) in [6.45, 7) is 8.02. The third kappa shape index (κ3) is 3.36. The van der Waals surface area contributed by atoms with Gasteiger partial charge in [0, 0.05) is 11.7 Å². The van der Waals surface area contributed by atoms with Gasteiger partial charge < -0.3 is 14.0 Å². The average Bonchev–Trinajstić information content (AvgIpc) is 3.13. The minimum atomic E-state index is -0.537. The van der Waals surface area contributed by atoms with Crippen LogP contribution in [0, 0.1) is 0 Å². The molecule has 3 heterocycles. The molecule has 4 rings (SSSR count). The molecular weight excluding hydrogens is 345 g/mol.